The number of benzene rings is 1. The molecule has 4 aromatic rings. The first-order chi connectivity index (χ1) is 16.2. The Morgan fingerprint density at radius 3 is 2.76 bits per heavy atom. The zero-order chi connectivity index (χ0) is 24.0. The lowest BCUT2D eigenvalue weighted by molar-refractivity contribution is 0.0195. The number of rotatable bonds is 6. The summed E-state index contributed by atoms with van der Waals surface area (Å²) in [5, 5.41) is 25.3. The van der Waals surface area contributed by atoms with Gasteiger partial charge in [-0.05, 0) is 56.4 Å². The van der Waals surface area contributed by atoms with Crippen LogP contribution in [0.4, 0.5) is 19.1 Å². The van der Waals surface area contributed by atoms with Gasteiger partial charge in [-0.25, -0.2) is 22.4 Å². The van der Waals surface area contributed by atoms with E-state index < -0.39 is 24.4 Å². The van der Waals surface area contributed by atoms with Crippen LogP contribution in [-0.2, 0) is 6.54 Å². The Morgan fingerprint density at radius 1 is 1.29 bits per heavy atom. The number of aromatic nitrogens is 6. The highest BCUT2D eigenvalue weighted by atomic mass is 19.3. The molecule has 0 bridgehead atoms. The van der Waals surface area contributed by atoms with E-state index in [1.165, 1.54) is 13.2 Å². The Bertz CT molecular complexity index is 1340. The molecule has 0 amide bonds. The fourth-order valence-corrected chi connectivity index (χ4v) is 4.44. The summed E-state index contributed by atoms with van der Waals surface area (Å²) >= 11 is 0. The van der Waals surface area contributed by atoms with E-state index in [0.29, 0.717) is 35.4 Å². The van der Waals surface area contributed by atoms with Gasteiger partial charge in [0.15, 0.2) is 5.82 Å². The normalized spacial score (nSPS) is 21.0. The third-order valence-corrected chi connectivity index (χ3v) is 6.26. The van der Waals surface area contributed by atoms with E-state index in [0.717, 1.165) is 17.5 Å². The van der Waals surface area contributed by atoms with Crippen LogP contribution in [-0.4, -0.2) is 59.9 Å². The summed E-state index contributed by atoms with van der Waals surface area (Å²) < 4.78 is 48.7. The first kappa shape index (κ1) is 22.4. The fourth-order valence-electron chi connectivity index (χ4n) is 4.44. The van der Waals surface area contributed by atoms with E-state index in [2.05, 4.69) is 25.7 Å². The summed E-state index contributed by atoms with van der Waals surface area (Å²) in [6, 6.07) is 4.70. The van der Waals surface area contributed by atoms with E-state index in [-0.39, 0.29) is 23.0 Å². The number of methoxy groups -OCH3 is 1. The molecule has 0 aliphatic heterocycles. The van der Waals surface area contributed by atoms with Crippen molar-refractivity contribution in [2.24, 2.45) is 0 Å². The first-order valence-corrected chi connectivity index (χ1v) is 11.0. The van der Waals surface area contributed by atoms with Crippen LogP contribution in [0.5, 0.6) is 5.88 Å². The van der Waals surface area contributed by atoms with Crippen molar-refractivity contribution in [1.82, 2.24) is 29.6 Å². The Balaban J connectivity index is 1.52. The van der Waals surface area contributed by atoms with Gasteiger partial charge >= 0.3 is 0 Å². The molecule has 1 saturated carbocycles. The molecule has 180 valence electrons. The van der Waals surface area contributed by atoms with E-state index in [1.54, 1.807) is 22.8 Å². The van der Waals surface area contributed by atoms with Gasteiger partial charge in [-0.2, -0.15) is 4.98 Å². The molecule has 3 aromatic heterocycles. The molecule has 2 N–H and O–H groups in total. The second-order valence-electron chi connectivity index (χ2n) is 8.87. The summed E-state index contributed by atoms with van der Waals surface area (Å²) in [6.07, 6.45) is 1.98. The lowest BCUT2D eigenvalue weighted by Crippen LogP contribution is -2.36. The third-order valence-electron chi connectivity index (χ3n) is 6.26. The third kappa shape index (κ3) is 4.13. The van der Waals surface area contributed by atoms with Gasteiger partial charge in [0, 0.05) is 17.8 Å². The molecule has 1 aromatic carbocycles. The molecule has 0 saturated heterocycles. The van der Waals surface area contributed by atoms with Gasteiger partial charge < -0.3 is 15.2 Å². The minimum absolute atomic E-state index is 0.0749. The number of fused-ring (bicyclic) bond motifs is 2. The molecule has 0 radical (unpaired) electrons. The summed E-state index contributed by atoms with van der Waals surface area (Å²) in [5.41, 5.74) is 0.957. The highest BCUT2D eigenvalue weighted by molar-refractivity contribution is 5.89. The maximum atomic E-state index is 14.8. The number of hydrogen-bond donors (Lipinski definition) is 2. The first-order valence-electron chi connectivity index (χ1n) is 11.0. The number of aliphatic hydroxyl groups is 1. The standard InChI is InChI=1S/C22H24F3N7O2/c1-22(33)6-3-13(4-7-22)26-21-27-20(34-2)19-14(5-8-31(19)29-21)12-9-15(23)18-16(10-12)32(30-28-18)11-17(24)25/h5,8-10,13,17,33H,3-4,6-7,11H2,1-2H3,(H,26,29)/t13-,22+. The van der Waals surface area contributed by atoms with Crippen molar-refractivity contribution in [3.63, 3.8) is 0 Å². The monoisotopic (exact) mass is 475 g/mol. The number of nitrogens with zero attached hydrogens (tertiary/aromatic N) is 6. The molecule has 9 nitrogen and oxygen atoms in total. The molecule has 5 rings (SSSR count). The largest absolute Gasteiger partial charge is 0.479 e. The number of alkyl halides is 2. The zero-order valence-electron chi connectivity index (χ0n) is 18.7. The average Bonchev–Trinajstić information content (AvgIpc) is 3.39. The van der Waals surface area contributed by atoms with Crippen LogP contribution < -0.4 is 10.1 Å². The van der Waals surface area contributed by atoms with Gasteiger partial charge in [-0.1, -0.05) is 5.21 Å². The molecule has 0 atom stereocenters. The Morgan fingerprint density at radius 2 is 2.06 bits per heavy atom. The molecular weight excluding hydrogens is 451 g/mol. The van der Waals surface area contributed by atoms with E-state index in [1.807, 2.05) is 6.92 Å². The van der Waals surface area contributed by atoms with Crippen molar-refractivity contribution in [3.8, 4) is 17.0 Å². The number of halogens is 3. The maximum absolute atomic E-state index is 14.8. The lowest BCUT2D eigenvalue weighted by Gasteiger charge is -2.33. The molecular formula is C22H24F3N7O2. The van der Waals surface area contributed by atoms with Crippen LogP contribution in [0.25, 0.3) is 27.7 Å². The van der Waals surface area contributed by atoms with E-state index in [9.17, 15) is 18.3 Å². The van der Waals surface area contributed by atoms with Crippen molar-refractivity contribution in [1.29, 1.82) is 0 Å². The second kappa shape index (κ2) is 8.42. The van der Waals surface area contributed by atoms with Crippen LogP contribution in [0.15, 0.2) is 24.4 Å². The summed E-state index contributed by atoms with van der Waals surface area (Å²) in [6.45, 7) is 1.15. The van der Waals surface area contributed by atoms with Crippen LogP contribution >= 0.6 is 0 Å². The molecule has 0 spiro atoms. The minimum atomic E-state index is -2.65. The number of ether oxygens (including phenoxy) is 1. The summed E-state index contributed by atoms with van der Waals surface area (Å²) in [7, 11) is 1.48. The number of hydrogen-bond acceptors (Lipinski definition) is 7. The predicted molar refractivity (Wildman–Crippen MR) is 119 cm³/mol. The molecule has 1 aliphatic carbocycles. The van der Waals surface area contributed by atoms with Crippen LogP contribution in [0.2, 0.25) is 0 Å². The molecule has 12 heteroatoms. The van der Waals surface area contributed by atoms with Crippen LogP contribution in [0.1, 0.15) is 32.6 Å². The molecule has 0 unspecified atom stereocenters. The molecule has 1 aliphatic rings. The van der Waals surface area contributed by atoms with Crippen molar-refractivity contribution in [3.05, 3.63) is 30.2 Å². The number of nitrogens with one attached hydrogen (secondary N) is 1. The highest BCUT2D eigenvalue weighted by Crippen LogP contribution is 2.34. The van der Waals surface area contributed by atoms with Crippen LogP contribution in [0.3, 0.4) is 0 Å². The highest BCUT2D eigenvalue weighted by Gasteiger charge is 2.29. The van der Waals surface area contributed by atoms with Gasteiger partial charge in [-0.15, -0.1) is 10.2 Å². The van der Waals surface area contributed by atoms with Gasteiger partial charge in [0.2, 0.25) is 11.8 Å². The quantitative estimate of drug-likeness (QED) is 0.439. The average molecular weight is 475 g/mol. The predicted octanol–water partition coefficient (Wildman–Crippen LogP) is 3.66. The number of anilines is 1. The van der Waals surface area contributed by atoms with Crippen molar-refractivity contribution in [2.75, 3.05) is 12.4 Å². The SMILES string of the molecule is COc1nc(N[C@H]2CC[C@@](C)(O)CC2)nn2ccc(-c3cc(F)c4nnn(CC(F)F)c4c3)c12. The zero-order valence-corrected chi connectivity index (χ0v) is 18.7. The molecule has 3 heterocycles. The maximum Gasteiger partial charge on any atom is 0.258 e. The van der Waals surface area contributed by atoms with Gasteiger partial charge in [0.1, 0.15) is 17.6 Å². The fraction of sp³-hybridized carbons (Fsp3) is 0.455. The Labute approximate surface area is 192 Å². The minimum Gasteiger partial charge on any atom is -0.479 e. The van der Waals surface area contributed by atoms with Crippen molar-refractivity contribution < 1.29 is 23.0 Å². The topological polar surface area (TPSA) is 102 Å². The summed E-state index contributed by atoms with van der Waals surface area (Å²) in [4.78, 5) is 4.49. The Hall–Kier alpha value is -3.41. The van der Waals surface area contributed by atoms with Crippen molar-refractivity contribution in [2.45, 2.75) is 57.2 Å². The van der Waals surface area contributed by atoms with E-state index >= 15 is 0 Å². The van der Waals surface area contributed by atoms with E-state index in [4.69, 9.17) is 4.74 Å². The van der Waals surface area contributed by atoms with Gasteiger partial charge in [0.25, 0.3) is 6.43 Å². The van der Waals surface area contributed by atoms with Crippen molar-refractivity contribution >= 4 is 22.5 Å². The van der Waals surface area contributed by atoms with Crippen LogP contribution in [0, 0.1) is 5.82 Å². The smallest absolute Gasteiger partial charge is 0.258 e. The van der Waals surface area contributed by atoms with Gasteiger partial charge in [0.05, 0.1) is 18.2 Å². The second-order valence-corrected chi connectivity index (χ2v) is 8.87. The Kier molecular flexibility index (Phi) is 5.54. The molecule has 34 heavy (non-hydrogen) atoms. The lowest BCUT2D eigenvalue weighted by atomic mass is 9.84. The molecule has 1 fully saturated rings. The summed E-state index contributed by atoms with van der Waals surface area (Å²) in [5.74, 6) is -0.0161. The van der Waals surface area contributed by atoms with Gasteiger partial charge in [-0.3, -0.25) is 0 Å².